The highest BCUT2D eigenvalue weighted by atomic mass is 16.4. The lowest BCUT2D eigenvalue weighted by Crippen LogP contribution is -2.42. The third kappa shape index (κ3) is 5.53. The summed E-state index contributed by atoms with van der Waals surface area (Å²) in [4.78, 5) is 21.2. The Labute approximate surface area is 83.7 Å². The molecule has 5 heteroatoms. The predicted molar refractivity (Wildman–Crippen MR) is 52.7 cm³/mol. The van der Waals surface area contributed by atoms with Gasteiger partial charge in [-0.1, -0.05) is 6.92 Å². The van der Waals surface area contributed by atoms with Gasteiger partial charge in [-0.2, -0.15) is 0 Å². The molecule has 0 radical (unpaired) electrons. The number of carboxylic acid groups (broad SMARTS) is 1. The van der Waals surface area contributed by atoms with Crippen LogP contribution in [0.25, 0.3) is 0 Å². The van der Waals surface area contributed by atoms with Gasteiger partial charge in [0.15, 0.2) is 0 Å². The second-order valence-electron chi connectivity index (χ2n) is 3.37. The lowest BCUT2D eigenvalue weighted by Gasteiger charge is -2.18. The summed E-state index contributed by atoms with van der Waals surface area (Å²) in [5.74, 6) is -1.41. The Morgan fingerprint density at radius 3 is 2.43 bits per heavy atom. The number of carbonyl (C=O) groups is 2. The molecular formula is C9H18N2O3. The highest BCUT2D eigenvalue weighted by Crippen LogP contribution is 2.00. The van der Waals surface area contributed by atoms with Gasteiger partial charge in [0, 0.05) is 12.5 Å². The van der Waals surface area contributed by atoms with Crippen LogP contribution in [0, 0.1) is 0 Å². The molecule has 14 heavy (non-hydrogen) atoms. The Balaban J connectivity index is 4.02. The number of nitrogens with two attached hydrogens (primary N) is 1. The van der Waals surface area contributed by atoms with Crippen LogP contribution in [-0.2, 0) is 9.59 Å². The molecule has 2 atom stereocenters. The van der Waals surface area contributed by atoms with Gasteiger partial charge in [-0.15, -0.1) is 0 Å². The van der Waals surface area contributed by atoms with Crippen molar-refractivity contribution < 1.29 is 14.7 Å². The number of nitrogens with one attached hydrogen (secondary N) is 1. The lowest BCUT2D eigenvalue weighted by atomic mass is 10.1. The molecule has 0 aromatic carbocycles. The molecule has 0 aromatic rings. The van der Waals surface area contributed by atoms with Crippen molar-refractivity contribution in [3.05, 3.63) is 0 Å². The number of carbonyl (C=O) groups excluding carboxylic acids is 1. The van der Waals surface area contributed by atoms with Crippen molar-refractivity contribution in [2.24, 2.45) is 5.73 Å². The van der Waals surface area contributed by atoms with Gasteiger partial charge in [0.2, 0.25) is 5.91 Å². The van der Waals surface area contributed by atoms with Crippen LogP contribution >= 0.6 is 0 Å². The maximum atomic E-state index is 10.7. The third-order valence-electron chi connectivity index (χ3n) is 2.08. The van der Waals surface area contributed by atoms with Gasteiger partial charge in [-0.3, -0.25) is 9.59 Å². The van der Waals surface area contributed by atoms with Crippen LogP contribution in [0.15, 0.2) is 0 Å². The molecule has 0 spiro atoms. The quantitative estimate of drug-likeness (QED) is 0.545. The molecule has 0 fully saturated rings. The maximum absolute atomic E-state index is 10.7. The van der Waals surface area contributed by atoms with Crippen molar-refractivity contribution in [2.75, 3.05) is 0 Å². The molecule has 0 rings (SSSR count). The van der Waals surface area contributed by atoms with Crippen LogP contribution in [0.5, 0.6) is 0 Å². The minimum absolute atomic E-state index is 0.0976. The number of amides is 1. The van der Waals surface area contributed by atoms with Crippen LogP contribution in [0.2, 0.25) is 0 Å². The fourth-order valence-electron chi connectivity index (χ4n) is 1.03. The van der Waals surface area contributed by atoms with E-state index in [1.165, 1.54) is 0 Å². The molecule has 5 nitrogen and oxygen atoms in total. The van der Waals surface area contributed by atoms with Gasteiger partial charge in [-0.25, -0.2) is 0 Å². The van der Waals surface area contributed by atoms with E-state index in [0.29, 0.717) is 0 Å². The molecule has 0 bridgehead atoms. The van der Waals surface area contributed by atoms with Gasteiger partial charge >= 0.3 is 5.97 Å². The zero-order valence-electron chi connectivity index (χ0n) is 8.62. The molecule has 82 valence electrons. The SMILES string of the molecule is CCC(C)NC(CCC(N)=O)C(=O)O. The molecule has 0 saturated carbocycles. The largest absolute Gasteiger partial charge is 0.480 e. The highest BCUT2D eigenvalue weighted by Gasteiger charge is 2.19. The van der Waals surface area contributed by atoms with Gasteiger partial charge in [0.25, 0.3) is 0 Å². The monoisotopic (exact) mass is 202 g/mol. The Morgan fingerprint density at radius 2 is 2.07 bits per heavy atom. The Morgan fingerprint density at radius 1 is 1.50 bits per heavy atom. The van der Waals surface area contributed by atoms with Crippen molar-refractivity contribution in [1.29, 1.82) is 0 Å². The molecule has 0 aliphatic rings. The zero-order chi connectivity index (χ0) is 11.1. The smallest absolute Gasteiger partial charge is 0.320 e. The average molecular weight is 202 g/mol. The fraction of sp³-hybridized carbons (Fsp3) is 0.778. The Hall–Kier alpha value is -1.10. The molecule has 1 amide bonds. The topological polar surface area (TPSA) is 92.4 Å². The van der Waals surface area contributed by atoms with E-state index in [1.54, 1.807) is 0 Å². The van der Waals surface area contributed by atoms with Gasteiger partial charge in [0.1, 0.15) is 6.04 Å². The summed E-state index contributed by atoms with van der Waals surface area (Å²) in [6.45, 7) is 3.87. The molecule has 0 heterocycles. The van der Waals surface area contributed by atoms with E-state index in [9.17, 15) is 9.59 Å². The summed E-state index contributed by atoms with van der Waals surface area (Å²) in [6.07, 6.45) is 1.19. The zero-order valence-corrected chi connectivity index (χ0v) is 8.62. The second kappa shape index (κ2) is 6.37. The van der Waals surface area contributed by atoms with Gasteiger partial charge < -0.3 is 16.2 Å². The molecular weight excluding hydrogens is 184 g/mol. The van der Waals surface area contributed by atoms with Crippen molar-refractivity contribution in [2.45, 2.75) is 45.2 Å². The molecule has 0 aliphatic heterocycles. The number of primary amides is 1. The van der Waals surface area contributed by atoms with E-state index in [0.717, 1.165) is 6.42 Å². The first kappa shape index (κ1) is 12.9. The van der Waals surface area contributed by atoms with Crippen molar-refractivity contribution in [3.8, 4) is 0 Å². The fourth-order valence-corrected chi connectivity index (χ4v) is 1.03. The van der Waals surface area contributed by atoms with Gasteiger partial charge in [-0.05, 0) is 19.8 Å². The number of aliphatic carboxylic acids is 1. The number of carboxylic acids is 1. The number of rotatable bonds is 7. The summed E-state index contributed by atoms with van der Waals surface area (Å²) in [6, 6.07) is -0.554. The minimum atomic E-state index is -0.938. The minimum Gasteiger partial charge on any atom is -0.480 e. The Bertz CT molecular complexity index is 206. The summed E-state index contributed by atoms with van der Waals surface area (Å²) in [7, 11) is 0. The van der Waals surface area contributed by atoms with Crippen molar-refractivity contribution in [3.63, 3.8) is 0 Å². The standard InChI is InChI=1S/C9H18N2O3/c1-3-6(2)11-7(9(13)14)4-5-8(10)12/h6-7,11H,3-5H2,1-2H3,(H2,10,12)(H,13,14). The summed E-state index contributed by atoms with van der Waals surface area (Å²) in [5.41, 5.74) is 4.94. The van der Waals surface area contributed by atoms with E-state index in [1.807, 2.05) is 13.8 Å². The molecule has 0 aliphatic carbocycles. The third-order valence-corrected chi connectivity index (χ3v) is 2.08. The predicted octanol–water partition coefficient (Wildman–Crippen LogP) is 0.0932. The van der Waals surface area contributed by atoms with E-state index < -0.39 is 17.9 Å². The van der Waals surface area contributed by atoms with Crippen molar-refractivity contribution in [1.82, 2.24) is 5.32 Å². The van der Waals surface area contributed by atoms with Crippen LogP contribution in [0.1, 0.15) is 33.1 Å². The first-order chi connectivity index (χ1) is 6.47. The van der Waals surface area contributed by atoms with E-state index >= 15 is 0 Å². The first-order valence-electron chi connectivity index (χ1n) is 4.74. The van der Waals surface area contributed by atoms with E-state index in [-0.39, 0.29) is 18.9 Å². The lowest BCUT2D eigenvalue weighted by molar-refractivity contribution is -0.140. The van der Waals surface area contributed by atoms with Crippen molar-refractivity contribution >= 4 is 11.9 Å². The van der Waals surface area contributed by atoms with E-state index in [2.05, 4.69) is 5.32 Å². The molecule has 0 aromatic heterocycles. The summed E-state index contributed by atoms with van der Waals surface area (Å²) >= 11 is 0. The number of hydrogen-bond donors (Lipinski definition) is 3. The highest BCUT2D eigenvalue weighted by molar-refractivity contribution is 5.77. The van der Waals surface area contributed by atoms with E-state index in [4.69, 9.17) is 10.8 Å². The average Bonchev–Trinajstić information content (AvgIpc) is 2.10. The summed E-state index contributed by atoms with van der Waals surface area (Å²) in [5, 5.41) is 11.7. The normalized spacial score (nSPS) is 14.7. The van der Waals surface area contributed by atoms with Crippen LogP contribution in [-0.4, -0.2) is 29.1 Å². The van der Waals surface area contributed by atoms with Gasteiger partial charge in [0.05, 0.1) is 0 Å². The second-order valence-corrected chi connectivity index (χ2v) is 3.37. The Kier molecular flexibility index (Phi) is 5.87. The number of hydrogen-bond acceptors (Lipinski definition) is 3. The van der Waals surface area contributed by atoms with Crippen LogP contribution < -0.4 is 11.1 Å². The first-order valence-corrected chi connectivity index (χ1v) is 4.74. The molecule has 2 unspecified atom stereocenters. The van der Waals surface area contributed by atoms with Crippen LogP contribution in [0.4, 0.5) is 0 Å². The summed E-state index contributed by atoms with van der Waals surface area (Å²) < 4.78 is 0. The molecule has 4 N–H and O–H groups in total. The van der Waals surface area contributed by atoms with Crippen LogP contribution in [0.3, 0.4) is 0 Å². The maximum Gasteiger partial charge on any atom is 0.320 e. The molecule has 0 saturated heterocycles.